The summed E-state index contributed by atoms with van der Waals surface area (Å²) in [6, 6.07) is -0.342. The first-order chi connectivity index (χ1) is 7.33. The minimum atomic E-state index is -3.14. The Morgan fingerprint density at radius 2 is 2.12 bits per heavy atom. The zero-order chi connectivity index (χ0) is 12.3. The fourth-order valence-corrected chi connectivity index (χ4v) is 1.78. The summed E-state index contributed by atoms with van der Waals surface area (Å²) in [6.45, 7) is 3.99. The van der Waals surface area contributed by atoms with Crippen molar-refractivity contribution in [3.8, 4) is 0 Å². The van der Waals surface area contributed by atoms with Gasteiger partial charge in [0.15, 0.2) is 15.7 Å². The lowest BCUT2D eigenvalue weighted by Crippen LogP contribution is -2.19. The van der Waals surface area contributed by atoms with Gasteiger partial charge in [0.25, 0.3) is 0 Å². The molecule has 0 aliphatic rings. The van der Waals surface area contributed by atoms with Crippen LogP contribution in [0.1, 0.15) is 38.0 Å². The highest BCUT2D eigenvalue weighted by Gasteiger charge is 2.21. The maximum atomic E-state index is 11.0. The average molecular weight is 247 g/mol. The van der Waals surface area contributed by atoms with Gasteiger partial charge >= 0.3 is 0 Å². The standard InChI is InChI=1S/C9H17N3O3S/c1-4-6(2)8(10)9-11-7(12-15-9)5-16(3,13)14/h6,8H,4-5,10H2,1-3H3/t6-,8-/m0/s1. The highest BCUT2D eigenvalue weighted by Crippen LogP contribution is 2.20. The van der Waals surface area contributed by atoms with Crippen molar-refractivity contribution in [2.45, 2.75) is 32.1 Å². The summed E-state index contributed by atoms with van der Waals surface area (Å²) in [7, 11) is -3.14. The Morgan fingerprint density at radius 3 is 2.62 bits per heavy atom. The molecular formula is C9H17N3O3S. The molecule has 6 nitrogen and oxygen atoms in total. The number of sulfone groups is 1. The number of nitrogens with two attached hydrogens (primary N) is 1. The molecule has 0 fully saturated rings. The molecule has 1 rings (SSSR count). The monoisotopic (exact) mass is 247 g/mol. The van der Waals surface area contributed by atoms with E-state index in [1.54, 1.807) is 0 Å². The SMILES string of the molecule is CC[C@H](C)[C@H](N)c1nc(CS(C)(=O)=O)no1. The molecule has 1 aromatic rings. The summed E-state index contributed by atoms with van der Waals surface area (Å²) in [5.74, 6) is 0.458. The highest BCUT2D eigenvalue weighted by atomic mass is 32.2. The molecule has 2 N–H and O–H groups in total. The summed E-state index contributed by atoms with van der Waals surface area (Å²) in [4.78, 5) is 3.98. The Balaban J connectivity index is 2.79. The van der Waals surface area contributed by atoms with Crippen LogP contribution in [0, 0.1) is 5.92 Å². The molecule has 0 saturated heterocycles. The Morgan fingerprint density at radius 1 is 1.50 bits per heavy atom. The molecule has 1 heterocycles. The van der Waals surface area contributed by atoms with E-state index >= 15 is 0 Å². The minimum absolute atomic E-state index is 0.163. The largest absolute Gasteiger partial charge is 0.338 e. The van der Waals surface area contributed by atoms with Crippen molar-refractivity contribution in [3.63, 3.8) is 0 Å². The lowest BCUT2D eigenvalue weighted by Gasteiger charge is -2.12. The number of aromatic nitrogens is 2. The second-order valence-corrected chi connectivity index (χ2v) is 6.17. The summed E-state index contributed by atoms with van der Waals surface area (Å²) < 4.78 is 27.0. The average Bonchev–Trinajstić information content (AvgIpc) is 2.61. The first kappa shape index (κ1) is 13.1. The molecule has 16 heavy (non-hydrogen) atoms. The summed E-state index contributed by atoms with van der Waals surface area (Å²) in [5.41, 5.74) is 5.88. The molecule has 2 atom stereocenters. The van der Waals surface area contributed by atoms with Gasteiger partial charge in [0.1, 0.15) is 5.75 Å². The molecule has 0 aliphatic carbocycles. The molecule has 0 bridgehead atoms. The van der Waals surface area contributed by atoms with Gasteiger partial charge in [-0.1, -0.05) is 25.4 Å². The van der Waals surface area contributed by atoms with E-state index in [1.165, 1.54) is 0 Å². The fraction of sp³-hybridized carbons (Fsp3) is 0.778. The van der Waals surface area contributed by atoms with Crippen LogP contribution in [0.3, 0.4) is 0 Å². The maximum Gasteiger partial charge on any atom is 0.243 e. The molecule has 0 radical (unpaired) electrons. The van der Waals surface area contributed by atoms with Crippen LogP contribution < -0.4 is 5.73 Å². The molecule has 0 aromatic carbocycles. The molecule has 0 spiro atoms. The van der Waals surface area contributed by atoms with E-state index in [0.29, 0.717) is 5.89 Å². The summed E-state index contributed by atoms with van der Waals surface area (Å²) in [5, 5.41) is 3.59. The van der Waals surface area contributed by atoms with Crippen LogP contribution in [0.5, 0.6) is 0 Å². The summed E-state index contributed by atoms with van der Waals surface area (Å²) >= 11 is 0. The normalized spacial score (nSPS) is 16.0. The van der Waals surface area contributed by atoms with Crippen LogP contribution >= 0.6 is 0 Å². The van der Waals surface area contributed by atoms with Crippen LogP contribution in [0.15, 0.2) is 4.52 Å². The van der Waals surface area contributed by atoms with E-state index in [9.17, 15) is 8.42 Å². The maximum absolute atomic E-state index is 11.0. The molecular weight excluding hydrogens is 230 g/mol. The Bertz CT molecular complexity index is 441. The van der Waals surface area contributed by atoms with Gasteiger partial charge in [-0.15, -0.1) is 0 Å². The van der Waals surface area contributed by atoms with Crippen molar-refractivity contribution < 1.29 is 12.9 Å². The van der Waals surface area contributed by atoms with Crippen molar-refractivity contribution >= 4 is 9.84 Å². The van der Waals surface area contributed by atoms with E-state index in [4.69, 9.17) is 10.3 Å². The van der Waals surface area contributed by atoms with Crippen LogP contribution in [0.4, 0.5) is 0 Å². The number of rotatable bonds is 5. The second kappa shape index (κ2) is 4.92. The minimum Gasteiger partial charge on any atom is -0.338 e. The molecule has 7 heteroatoms. The van der Waals surface area contributed by atoms with E-state index in [0.717, 1.165) is 12.7 Å². The van der Waals surface area contributed by atoms with Crippen molar-refractivity contribution in [2.24, 2.45) is 11.7 Å². The van der Waals surface area contributed by atoms with Crippen LogP contribution in [-0.4, -0.2) is 24.8 Å². The van der Waals surface area contributed by atoms with Gasteiger partial charge in [0.05, 0.1) is 6.04 Å². The lowest BCUT2D eigenvalue weighted by molar-refractivity contribution is 0.311. The van der Waals surface area contributed by atoms with E-state index in [-0.39, 0.29) is 23.5 Å². The molecule has 0 aliphatic heterocycles. The number of nitrogens with zero attached hydrogens (tertiary/aromatic N) is 2. The third-order valence-corrected chi connectivity index (χ3v) is 3.20. The van der Waals surface area contributed by atoms with Gasteiger partial charge in [0, 0.05) is 6.26 Å². The Kier molecular flexibility index (Phi) is 4.03. The van der Waals surface area contributed by atoms with Crippen LogP contribution in [0.25, 0.3) is 0 Å². The first-order valence-corrected chi connectivity index (χ1v) is 7.15. The Hall–Kier alpha value is -0.950. The number of hydrogen-bond acceptors (Lipinski definition) is 6. The van der Waals surface area contributed by atoms with Crippen LogP contribution in [-0.2, 0) is 15.6 Å². The van der Waals surface area contributed by atoms with E-state index in [1.807, 2.05) is 13.8 Å². The topological polar surface area (TPSA) is 99.1 Å². The van der Waals surface area contributed by atoms with Crippen LogP contribution in [0.2, 0.25) is 0 Å². The van der Waals surface area contributed by atoms with Gasteiger partial charge in [-0.05, 0) is 5.92 Å². The van der Waals surface area contributed by atoms with E-state index in [2.05, 4.69) is 10.1 Å². The third-order valence-electron chi connectivity index (χ3n) is 2.42. The number of hydrogen-bond donors (Lipinski definition) is 1. The fourth-order valence-electron chi connectivity index (χ4n) is 1.19. The zero-order valence-corrected chi connectivity index (χ0v) is 10.5. The van der Waals surface area contributed by atoms with Gasteiger partial charge in [-0.3, -0.25) is 0 Å². The predicted molar refractivity (Wildman–Crippen MR) is 59.2 cm³/mol. The second-order valence-electron chi connectivity index (χ2n) is 4.03. The highest BCUT2D eigenvalue weighted by molar-refractivity contribution is 7.89. The summed E-state index contributed by atoms with van der Waals surface area (Å²) in [6.07, 6.45) is 2.02. The third kappa shape index (κ3) is 3.57. The molecule has 0 saturated carbocycles. The molecule has 0 unspecified atom stereocenters. The van der Waals surface area contributed by atoms with Crippen molar-refractivity contribution in [2.75, 3.05) is 6.26 Å². The van der Waals surface area contributed by atoms with Gasteiger partial charge < -0.3 is 10.3 Å². The molecule has 0 amide bonds. The van der Waals surface area contributed by atoms with Gasteiger partial charge in [-0.2, -0.15) is 4.98 Å². The van der Waals surface area contributed by atoms with Crippen molar-refractivity contribution in [1.82, 2.24) is 10.1 Å². The first-order valence-electron chi connectivity index (χ1n) is 5.09. The Labute approximate surface area is 95.1 Å². The molecule has 92 valence electrons. The van der Waals surface area contributed by atoms with E-state index < -0.39 is 9.84 Å². The zero-order valence-electron chi connectivity index (χ0n) is 9.67. The molecule has 1 aromatic heterocycles. The van der Waals surface area contributed by atoms with Gasteiger partial charge in [0.2, 0.25) is 5.89 Å². The predicted octanol–water partition coefficient (Wildman–Crippen LogP) is 0.660. The quantitative estimate of drug-likeness (QED) is 0.820. The van der Waals surface area contributed by atoms with Crippen molar-refractivity contribution in [3.05, 3.63) is 11.7 Å². The lowest BCUT2D eigenvalue weighted by atomic mass is 10.0. The smallest absolute Gasteiger partial charge is 0.243 e. The van der Waals surface area contributed by atoms with Gasteiger partial charge in [-0.25, -0.2) is 8.42 Å². The van der Waals surface area contributed by atoms with Crippen molar-refractivity contribution in [1.29, 1.82) is 0 Å².